The van der Waals surface area contributed by atoms with Gasteiger partial charge in [-0.25, -0.2) is 13.2 Å². The second kappa shape index (κ2) is 10.0. The minimum atomic E-state index is -3.78. The summed E-state index contributed by atoms with van der Waals surface area (Å²) in [6.45, 7) is -0.00868. The summed E-state index contributed by atoms with van der Waals surface area (Å²) < 4.78 is 25.4. The van der Waals surface area contributed by atoms with Crippen molar-refractivity contribution in [2.45, 2.75) is 22.3 Å². The minimum absolute atomic E-state index is 0.0164. The molecule has 168 valence electrons. The van der Waals surface area contributed by atoms with Crippen LogP contribution in [-0.4, -0.2) is 47.8 Å². The Morgan fingerprint density at radius 2 is 1.66 bits per heavy atom. The van der Waals surface area contributed by atoms with E-state index in [0.717, 1.165) is 10.5 Å². The number of phenols is 1. The summed E-state index contributed by atoms with van der Waals surface area (Å²) in [4.78, 5) is 12.8. The average molecular weight is 476 g/mol. The highest BCUT2D eigenvalue weighted by atomic mass is 35.5. The van der Waals surface area contributed by atoms with Gasteiger partial charge in [-0.15, -0.1) is 0 Å². The molecular formula is C23H22ClNO6S. The molecule has 0 aliphatic heterocycles. The van der Waals surface area contributed by atoms with E-state index in [1.807, 2.05) is 0 Å². The summed E-state index contributed by atoms with van der Waals surface area (Å²) in [5.41, 5.74) is 1.26. The van der Waals surface area contributed by atoms with Crippen LogP contribution in [0.15, 0.2) is 82.6 Å². The molecule has 0 spiro atoms. The predicted octanol–water partition coefficient (Wildman–Crippen LogP) is 4.13. The topological polar surface area (TPSA) is 115 Å². The number of sulfone groups is 1. The summed E-state index contributed by atoms with van der Waals surface area (Å²) in [5.74, 6) is -0.142. The number of carboxylic acid groups (broad SMARTS) is 1. The maximum atomic E-state index is 12.7. The molecule has 0 radical (unpaired) electrons. The molecule has 3 aromatic rings. The molecule has 0 aromatic heterocycles. The fourth-order valence-electron chi connectivity index (χ4n) is 3.18. The Hall–Kier alpha value is -3.07. The van der Waals surface area contributed by atoms with Crippen molar-refractivity contribution in [3.63, 3.8) is 0 Å². The van der Waals surface area contributed by atoms with Crippen LogP contribution in [0.5, 0.6) is 5.75 Å². The number of aliphatic hydroxyl groups excluding tert-OH is 1. The SMILES string of the molecule is O=C(O)N(CCc1ccc(S(=O)(=O)c2cccc(O)c2)cc1)C[C@@H](O)c1cccc(Cl)c1. The molecule has 0 unspecified atom stereocenters. The van der Waals surface area contributed by atoms with Crippen LogP contribution >= 0.6 is 11.6 Å². The van der Waals surface area contributed by atoms with E-state index in [0.29, 0.717) is 17.0 Å². The minimum Gasteiger partial charge on any atom is -0.508 e. The first-order valence-corrected chi connectivity index (χ1v) is 11.6. The summed E-state index contributed by atoms with van der Waals surface area (Å²) in [5, 5.41) is 29.8. The Bertz CT molecular complexity index is 1200. The van der Waals surface area contributed by atoms with Gasteiger partial charge in [0, 0.05) is 11.6 Å². The van der Waals surface area contributed by atoms with Gasteiger partial charge in [0.1, 0.15) is 5.75 Å². The van der Waals surface area contributed by atoms with Gasteiger partial charge in [-0.3, -0.25) is 0 Å². The van der Waals surface area contributed by atoms with Gasteiger partial charge in [0.25, 0.3) is 0 Å². The number of hydrogen-bond donors (Lipinski definition) is 3. The molecule has 0 saturated carbocycles. The summed E-state index contributed by atoms with van der Waals surface area (Å²) in [6, 6.07) is 18.1. The zero-order valence-corrected chi connectivity index (χ0v) is 18.5. The van der Waals surface area contributed by atoms with Crippen molar-refractivity contribution in [3.8, 4) is 5.75 Å². The highest BCUT2D eigenvalue weighted by Gasteiger charge is 2.20. The standard InChI is InChI=1S/C23H22ClNO6S/c24-18-4-1-3-17(13-18)22(27)15-25(23(28)29)12-11-16-7-9-20(10-8-16)32(30,31)21-6-2-5-19(26)14-21/h1-10,13-14,22,26-27H,11-12,15H2,(H,28,29)/t22-/m1/s1. The molecule has 7 nitrogen and oxygen atoms in total. The molecular weight excluding hydrogens is 454 g/mol. The second-order valence-electron chi connectivity index (χ2n) is 7.19. The number of rotatable bonds is 8. The van der Waals surface area contributed by atoms with Gasteiger partial charge in [0.2, 0.25) is 9.84 Å². The molecule has 0 bridgehead atoms. The first kappa shape index (κ1) is 23.6. The van der Waals surface area contributed by atoms with Crippen LogP contribution in [0, 0.1) is 0 Å². The molecule has 3 rings (SSSR count). The summed E-state index contributed by atoms with van der Waals surface area (Å²) in [7, 11) is -3.78. The third-order valence-corrected chi connectivity index (χ3v) is 6.93. The molecule has 1 amide bonds. The second-order valence-corrected chi connectivity index (χ2v) is 9.58. The van der Waals surface area contributed by atoms with Gasteiger partial charge in [0.15, 0.2) is 0 Å². The quantitative estimate of drug-likeness (QED) is 0.451. The van der Waals surface area contributed by atoms with Crippen molar-refractivity contribution in [3.05, 3.63) is 88.9 Å². The van der Waals surface area contributed by atoms with E-state index < -0.39 is 22.0 Å². The molecule has 0 aliphatic carbocycles. The maximum Gasteiger partial charge on any atom is 0.407 e. The number of amides is 1. The molecule has 0 heterocycles. The van der Waals surface area contributed by atoms with E-state index in [2.05, 4.69) is 0 Å². The number of benzene rings is 3. The van der Waals surface area contributed by atoms with Crippen molar-refractivity contribution < 1.29 is 28.5 Å². The highest BCUT2D eigenvalue weighted by molar-refractivity contribution is 7.91. The van der Waals surface area contributed by atoms with E-state index in [1.54, 1.807) is 36.4 Å². The number of phenolic OH excluding ortho intramolecular Hbond substituents is 1. The zero-order valence-electron chi connectivity index (χ0n) is 16.9. The molecule has 3 aromatic carbocycles. The van der Waals surface area contributed by atoms with Crippen LogP contribution < -0.4 is 0 Å². The third kappa shape index (κ3) is 5.79. The lowest BCUT2D eigenvalue weighted by Gasteiger charge is -2.23. The van der Waals surface area contributed by atoms with E-state index in [9.17, 15) is 28.5 Å². The van der Waals surface area contributed by atoms with Gasteiger partial charge in [-0.2, -0.15) is 0 Å². The fourth-order valence-corrected chi connectivity index (χ4v) is 4.68. The van der Waals surface area contributed by atoms with Crippen molar-refractivity contribution in [2.75, 3.05) is 13.1 Å². The first-order valence-electron chi connectivity index (χ1n) is 9.71. The normalized spacial score (nSPS) is 12.3. The van der Waals surface area contributed by atoms with E-state index in [4.69, 9.17) is 11.6 Å². The van der Waals surface area contributed by atoms with Gasteiger partial charge < -0.3 is 20.2 Å². The van der Waals surface area contributed by atoms with Crippen LogP contribution in [-0.2, 0) is 16.3 Å². The molecule has 3 N–H and O–H groups in total. The average Bonchev–Trinajstić information content (AvgIpc) is 2.76. The number of aliphatic hydroxyl groups is 1. The summed E-state index contributed by atoms with van der Waals surface area (Å²) in [6.07, 6.45) is -1.87. The number of nitrogens with zero attached hydrogens (tertiary/aromatic N) is 1. The van der Waals surface area contributed by atoms with Crippen LogP contribution in [0.4, 0.5) is 4.79 Å². The van der Waals surface area contributed by atoms with Crippen molar-refractivity contribution >= 4 is 27.5 Å². The van der Waals surface area contributed by atoms with Gasteiger partial charge in [0.05, 0.1) is 22.4 Å². The van der Waals surface area contributed by atoms with Crippen molar-refractivity contribution in [1.82, 2.24) is 4.90 Å². The maximum absolute atomic E-state index is 12.7. The lowest BCUT2D eigenvalue weighted by atomic mass is 10.1. The smallest absolute Gasteiger partial charge is 0.407 e. The Morgan fingerprint density at radius 3 is 2.28 bits per heavy atom. The Labute approximate surface area is 191 Å². The Morgan fingerprint density at radius 1 is 0.969 bits per heavy atom. The predicted molar refractivity (Wildman–Crippen MR) is 120 cm³/mol. The van der Waals surface area contributed by atoms with Crippen LogP contribution in [0.25, 0.3) is 0 Å². The molecule has 9 heteroatoms. The highest BCUT2D eigenvalue weighted by Crippen LogP contribution is 2.24. The number of halogens is 1. The van der Waals surface area contributed by atoms with E-state index in [-0.39, 0.29) is 28.6 Å². The first-order chi connectivity index (χ1) is 15.2. The largest absolute Gasteiger partial charge is 0.508 e. The van der Waals surface area contributed by atoms with E-state index in [1.165, 1.54) is 36.4 Å². The number of hydrogen-bond acceptors (Lipinski definition) is 5. The Kier molecular flexibility index (Phi) is 7.40. The number of aromatic hydroxyl groups is 1. The lowest BCUT2D eigenvalue weighted by molar-refractivity contribution is 0.0973. The fraction of sp³-hybridized carbons (Fsp3) is 0.174. The molecule has 32 heavy (non-hydrogen) atoms. The monoisotopic (exact) mass is 475 g/mol. The summed E-state index contributed by atoms with van der Waals surface area (Å²) >= 11 is 5.92. The molecule has 0 fully saturated rings. The Balaban J connectivity index is 1.67. The van der Waals surface area contributed by atoms with Crippen molar-refractivity contribution in [1.29, 1.82) is 0 Å². The third-order valence-electron chi connectivity index (χ3n) is 4.93. The van der Waals surface area contributed by atoms with Gasteiger partial charge in [-0.05, 0) is 60.0 Å². The zero-order chi connectivity index (χ0) is 23.3. The van der Waals surface area contributed by atoms with Gasteiger partial charge in [-0.1, -0.05) is 41.9 Å². The van der Waals surface area contributed by atoms with E-state index >= 15 is 0 Å². The molecule has 1 atom stereocenters. The molecule has 0 saturated heterocycles. The van der Waals surface area contributed by atoms with Crippen LogP contribution in [0.1, 0.15) is 17.2 Å². The van der Waals surface area contributed by atoms with Gasteiger partial charge >= 0.3 is 6.09 Å². The number of carbonyl (C=O) groups is 1. The molecule has 0 aliphatic rings. The lowest BCUT2D eigenvalue weighted by Crippen LogP contribution is -2.35. The van der Waals surface area contributed by atoms with Crippen LogP contribution in [0.3, 0.4) is 0 Å². The van der Waals surface area contributed by atoms with Crippen LogP contribution in [0.2, 0.25) is 5.02 Å². The van der Waals surface area contributed by atoms with Crippen molar-refractivity contribution in [2.24, 2.45) is 0 Å².